The number of carbonyl (C=O) groups excluding carboxylic acids is 1. The van der Waals surface area contributed by atoms with Gasteiger partial charge in [-0.25, -0.2) is 4.98 Å². The van der Waals surface area contributed by atoms with Gasteiger partial charge in [0.05, 0.1) is 17.0 Å². The smallest absolute Gasteiger partial charge is 0.253 e. The normalized spacial score (nSPS) is 12.2. The van der Waals surface area contributed by atoms with Crippen LogP contribution in [0.15, 0.2) is 6.07 Å². The Hall–Kier alpha value is -1.95. The summed E-state index contributed by atoms with van der Waals surface area (Å²) in [5, 5.41) is 8.28. The minimum absolute atomic E-state index is 0.0925. The Morgan fingerprint density at radius 1 is 1.32 bits per heavy atom. The Bertz CT molecular complexity index is 715. The molecule has 2 aromatic rings. The summed E-state index contributed by atoms with van der Waals surface area (Å²) >= 11 is 0. The molecule has 1 amide bonds. The number of likely N-dealkylation sites (N-methyl/N-ethyl adjacent to an activating group) is 1. The maximum atomic E-state index is 12.5. The monoisotopic (exact) mass is 303 g/mol. The van der Waals surface area contributed by atoms with Gasteiger partial charge in [0.15, 0.2) is 5.65 Å². The van der Waals surface area contributed by atoms with Gasteiger partial charge in [0.2, 0.25) is 0 Å². The van der Waals surface area contributed by atoms with E-state index < -0.39 is 0 Å². The van der Waals surface area contributed by atoms with E-state index in [1.54, 1.807) is 4.68 Å². The van der Waals surface area contributed by atoms with Gasteiger partial charge >= 0.3 is 0 Å². The highest BCUT2D eigenvalue weighted by Crippen LogP contribution is 2.19. The summed E-state index contributed by atoms with van der Waals surface area (Å²) < 4.78 is 1.74. The number of aryl methyl sites for hydroxylation is 3. The molecule has 0 unspecified atom stereocenters. The molecule has 0 saturated carbocycles. The predicted molar refractivity (Wildman–Crippen MR) is 88.1 cm³/mol. The molecule has 0 saturated heterocycles. The van der Waals surface area contributed by atoms with Crippen molar-refractivity contribution in [3.8, 4) is 0 Å². The lowest BCUT2D eigenvalue weighted by atomic mass is 10.0. The largest absolute Gasteiger partial charge is 0.350 e. The number of rotatable bonds is 4. The number of carbonyl (C=O) groups is 1. The van der Waals surface area contributed by atoms with Gasteiger partial charge in [-0.3, -0.25) is 9.48 Å². The third kappa shape index (κ3) is 2.97. The molecule has 0 fully saturated rings. The SMILES string of the molecule is Cc1nc2c(cc1C(=O)NCC(C)(C)N(C)C)c(C)nn2C. The van der Waals surface area contributed by atoms with E-state index in [1.807, 2.05) is 41.1 Å². The minimum atomic E-state index is -0.106. The van der Waals surface area contributed by atoms with E-state index in [1.165, 1.54) is 0 Å². The van der Waals surface area contributed by atoms with Crippen LogP contribution in [0.25, 0.3) is 11.0 Å². The summed E-state index contributed by atoms with van der Waals surface area (Å²) in [5.74, 6) is -0.0925. The van der Waals surface area contributed by atoms with Gasteiger partial charge in [-0.2, -0.15) is 5.10 Å². The van der Waals surface area contributed by atoms with Crippen molar-refractivity contribution in [3.05, 3.63) is 23.0 Å². The Balaban J connectivity index is 2.29. The average Bonchev–Trinajstić information content (AvgIpc) is 2.70. The van der Waals surface area contributed by atoms with Crippen LogP contribution >= 0.6 is 0 Å². The first kappa shape index (κ1) is 16.4. The van der Waals surface area contributed by atoms with Crippen LogP contribution in [0.3, 0.4) is 0 Å². The Labute approximate surface area is 131 Å². The zero-order valence-corrected chi connectivity index (χ0v) is 14.5. The summed E-state index contributed by atoms with van der Waals surface area (Å²) in [5.41, 5.74) is 2.91. The van der Waals surface area contributed by atoms with Crippen LogP contribution in [0.4, 0.5) is 0 Å². The maximum absolute atomic E-state index is 12.5. The second-order valence-corrected chi connectivity index (χ2v) is 6.59. The Kier molecular flexibility index (Phi) is 4.24. The quantitative estimate of drug-likeness (QED) is 0.933. The van der Waals surface area contributed by atoms with Crippen LogP contribution in [0.2, 0.25) is 0 Å². The van der Waals surface area contributed by atoms with Crippen LogP contribution < -0.4 is 5.32 Å². The van der Waals surface area contributed by atoms with Crippen LogP contribution in [-0.4, -0.2) is 51.8 Å². The standard InChI is InChI=1S/C16H25N5O/c1-10-13(15(22)17-9-16(3,4)20(5)6)8-12-11(2)19-21(7)14(12)18-10/h8H,9H2,1-7H3,(H,17,22). The molecule has 2 rings (SSSR count). The lowest BCUT2D eigenvalue weighted by Crippen LogP contribution is -2.48. The summed E-state index contributed by atoms with van der Waals surface area (Å²) in [6, 6.07) is 1.89. The van der Waals surface area contributed by atoms with Gasteiger partial charge in [-0.15, -0.1) is 0 Å². The molecular formula is C16H25N5O. The molecule has 0 aliphatic carbocycles. The number of fused-ring (bicyclic) bond motifs is 1. The van der Waals surface area contributed by atoms with Gasteiger partial charge in [-0.05, 0) is 47.9 Å². The molecule has 1 N–H and O–H groups in total. The van der Waals surface area contributed by atoms with Crippen molar-refractivity contribution in [1.82, 2.24) is 25.0 Å². The Morgan fingerprint density at radius 2 is 1.95 bits per heavy atom. The number of aromatic nitrogens is 3. The third-order valence-electron chi connectivity index (χ3n) is 4.33. The zero-order valence-electron chi connectivity index (χ0n) is 14.5. The average molecular weight is 303 g/mol. The Morgan fingerprint density at radius 3 is 2.55 bits per heavy atom. The fourth-order valence-corrected chi connectivity index (χ4v) is 2.21. The summed E-state index contributed by atoms with van der Waals surface area (Å²) in [4.78, 5) is 19.1. The van der Waals surface area contributed by atoms with Gasteiger partial charge < -0.3 is 10.2 Å². The fraction of sp³-hybridized carbons (Fsp3) is 0.562. The van der Waals surface area contributed by atoms with Crippen LogP contribution in [-0.2, 0) is 7.05 Å². The van der Waals surface area contributed by atoms with E-state index in [0.29, 0.717) is 12.1 Å². The fourth-order valence-electron chi connectivity index (χ4n) is 2.21. The van der Waals surface area contributed by atoms with Crippen molar-refractivity contribution < 1.29 is 4.79 Å². The molecule has 0 atom stereocenters. The van der Waals surface area contributed by atoms with Gasteiger partial charge in [0.25, 0.3) is 5.91 Å². The molecule has 6 heteroatoms. The molecule has 120 valence electrons. The summed E-state index contributed by atoms with van der Waals surface area (Å²) in [6.45, 7) is 8.53. The highest BCUT2D eigenvalue weighted by Gasteiger charge is 2.22. The zero-order chi connectivity index (χ0) is 16.7. The van der Waals surface area contributed by atoms with E-state index in [0.717, 1.165) is 22.4 Å². The first-order valence-corrected chi connectivity index (χ1v) is 7.40. The molecule has 0 aliphatic heterocycles. The van der Waals surface area contributed by atoms with E-state index in [2.05, 4.69) is 34.1 Å². The maximum Gasteiger partial charge on any atom is 0.253 e. The van der Waals surface area contributed by atoms with Crippen molar-refractivity contribution in [3.63, 3.8) is 0 Å². The first-order chi connectivity index (χ1) is 10.1. The second kappa shape index (κ2) is 5.68. The number of nitrogens with zero attached hydrogens (tertiary/aromatic N) is 4. The third-order valence-corrected chi connectivity index (χ3v) is 4.33. The molecule has 0 bridgehead atoms. The lowest BCUT2D eigenvalue weighted by Gasteiger charge is -2.32. The van der Waals surface area contributed by atoms with Crippen LogP contribution in [0.1, 0.15) is 35.6 Å². The highest BCUT2D eigenvalue weighted by molar-refractivity contribution is 5.98. The topological polar surface area (TPSA) is 63.1 Å². The number of amides is 1. The van der Waals surface area contributed by atoms with Crippen molar-refractivity contribution in [1.29, 1.82) is 0 Å². The van der Waals surface area contributed by atoms with Gasteiger partial charge in [0.1, 0.15) is 0 Å². The second-order valence-electron chi connectivity index (χ2n) is 6.59. The molecule has 2 heterocycles. The number of nitrogens with one attached hydrogen (secondary N) is 1. The van der Waals surface area contributed by atoms with Crippen LogP contribution in [0, 0.1) is 13.8 Å². The molecule has 22 heavy (non-hydrogen) atoms. The molecular weight excluding hydrogens is 278 g/mol. The van der Waals surface area contributed by atoms with Crippen molar-refractivity contribution in [2.45, 2.75) is 33.2 Å². The first-order valence-electron chi connectivity index (χ1n) is 7.40. The van der Waals surface area contributed by atoms with Gasteiger partial charge in [-0.1, -0.05) is 0 Å². The molecule has 2 aromatic heterocycles. The molecule has 6 nitrogen and oxygen atoms in total. The van der Waals surface area contributed by atoms with E-state index >= 15 is 0 Å². The van der Waals surface area contributed by atoms with E-state index in [-0.39, 0.29) is 11.4 Å². The molecule has 0 aliphatic rings. The van der Waals surface area contributed by atoms with Crippen molar-refractivity contribution >= 4 is 16.9 Å². The summed E-state index contributed by atoms with van der Waals surface area (Å²) in [6.07, 6.45) is 0. The van der Waals surface area contributed by atoms with E-state index in [9.17, 15) is 4.79 Å². The van der Waals surface area contributed by atoms with Crippen LogP contribution in [0.5, 0.6) is 0 Å². The molecule has 0 radical (unpaired) electrons. The number of pyridine rings is 1. The van der Waals surface area contributed by atoms with Gasteiger partial charge in [0, 0.05) is 24.5 Å². The van der Waals surface area contributed by atoms with Crippen molar-refractivity contribution in [2.75, 3.05) is 20.6 Å². The minimum Gasteiger partial charge on any atom is -0.350 e. The number of hydrogen-bond donors (Lipinski definition) is 1. The lowest BCUT2D eigenvalue weighted by molar-refractivity contribution is 0.0919. The number of hydrogen-bond acceptors (Lipinski definition) is 4. The van der Waals surface area contributed by atoms with E-state index in [4.69, 9.17) is 0 Å². The predicted octanol–water partition coefficient (Wildman–Crippen LogP) is 1.66. The summed E-state index contributed by atoms with van der Waals surface area (Å²) in [7, 11) is 5.87. The molecule has 0 aromatic carbocycles. The highest BCUT2D eigenvalue weighted by atomic mass is 16.1. The van der Waals surface area contributed by atoms with Crippen molar-refractivity contribution in [2.24, 2.45) is 7.05 Å². The molecule has 0 spiro atoms.